The summed E-state index contributed by atoms with van der Waals surface area (Å²) in [4.78, 5) is 29.4. The highest BCUT2D eigenvalue weighted by molar-refractivity contribution is 6.04. The van der Waals surface area contributed by atoms with E-state index < -0.39 is 5.82 Å². The number of benzene rings is 2. The van der Waals surface area contributed by atoms with Crippen molar-refractivity contribution in [2.75, 3.05) is 24.3 Å². The molecule has 0 aliphatic rings. The summed E-state index contributed by atoms with van der Waals surface area (Å²) in [6.07, 6.45) is 0.457. The maximum atomic E-state index is 13.5. The zero-order chi connectivity index (χ0) is 23.3. The van der Waals surface area contributed by atoms with Crippen molar-refractivity contribution < 1.29 is 14.0 Å². The highest BCUT2D eigenvalue weighted by Gasteiger charge is 2.24. The molecule has 1 N–H and O–H groups in total. The molecule has 5 nitrogen and oxygen atoms in total. The molecule has 2 rings (SSSR count). The first-order valence-electron chi connectivity index (χ1n) is 10.5. The Morgan fingerprint density at radius 2 is 1.74 bits per heavy atom. The van der Waals surface area contributed by atoms with Crippen LogP contribution in [0.3, 0.4) is 0 Å². The summed E-state index contributed by atoms with van der Waals surface area (Å²) < 4.78 is 13.5. The van der Waals surface area contributed by atoms with Crippen LogP contribution in [0.2, 0.25) is 0 Å². The topological polar surface area (TPSA) is 52.7 Å². The van der Waals surface area contributed by atoms with E-state index in [-0.39, 0.29) is 28.8 Å². The normalized spacial score (nSPS) is 11.4. The van der Waals surface area contributed by atoms with E-state index >= 15 is 0 Å². The van der Waals surface area contributed by atoms with Crippen LogP contribution in [-0.4, -0.2) is 36.9 Å². The lowest BCUT2D eigenvalue weighted by Crippen LogP contribution is -2.38. The molecular weight excluding hydrogens is 393 g/mol. The van der Waals surface area contributed by atoms with Gasteiger partial charge in [0, 0.05) is 50.0 Å². The van der Waals surface area contributed by atoms with Crippen LogP contribution in [0.5, 0.6) is 0 Å². The number of anilines is 2. The molecule has 0 aromatic heterocycles. The highest BCUT2D eigenvalue weighted by atomic mass is 19.1. The van der Waals surface area contributed by atoms with Crippen molar-refractivity contribution in [1.29, 1.82) is 0 Å². The summed E-state index contributed by atoms with van der Waals surface area (Å²) >= 11 is 0. The van der Waals surface area contributed by atoms with Crippen molar-refractivity contribution in [3.63, 3.8) is 0 Å². The summed E-state index contributed by atoms with van der Waals surface area (Å²) in [6, 6.07) is 11.2. The van der Waals surface area contributed by atoms with E-state index in [9.17, 15) is 14.0 Å². The molecule has 0 bridgehead atoms. The molecular formula is C25H34FN3O2. The second-order valence-corrected chi connectivity index (χ2v) is 9.56. The van der Waals surface area contributed by atoms with Gasteiger partial charge in [-0.15, -0.1) is 0 Å². The molecule has 0 spiro atoms. The third-order valence-electron chi connectivity index (χ3n) is 4.87. The fourth-order valence-corrected chi connectivity index (χ4v) is 3.36. The van der Waals surface area contributed by atoms with Gasteiger partial charge in [-0.3, -0.25) is 9.59 Å². The van der Waals surface area contributed by atoms with Crippen LogP contribution in [-0.2, 0) is 11.3 Å². The number of nitrogens with one attached hydrogen (secondary N) is 1. The second-order valence-electron chi connectivity index (χ2n) is 9.56. The molecule has 0 aliphatic carbocycles. The van der Waals surface area contributed by atoms with Crippen LogP contribution < -0.4 is 10.2 Å². The predicted molar refractivity (Wildman–Crippen MR) is 125 cm³/mol. The summed E-state index contributed by atoms with van der Waals surface area (Å²) in [5, 5.41) is 2.83. The van der Waals surface area contributed by atoms with Gasteiger partial charge in [0.15, 0.2) is 0 Å². The van der Waals surface area contributed by atoms with E-state index in [1.807, 2.05) is 55.9 Å². The summed E-state index contributed by atoms with van der Waals surface area (Å²) in [5.74, 6) is -0.741. The van der Waals surface area contributed by atoms with Gasteiger partial charge in [-0.05, 0) is 61.2 Å². The van der Waals surface area contributed by atoms with Gasteiger partial charge in [0.25, 0.3) is 5.91 Å². The molecule has 168 valence electrons. The van der Waals surface area contributed by atoms with Crippen molar-refractivity contribution in [3.8, 4) is 0 Å². The molecule has 0 heterocycles. The number of amides is 2. The lowest BCUT2D eigenvalue weighted by Gasteiger charge is -2.31. The molecule has 31 heavy (non-hydrogen) atoms. The summed E-state index contributed by atoms with van der Waals surface area (Å²) in [7, 11) is 3.89. The lowest BCUT2D eigenvalue weighted by molar-refractivity contribution is -0.135. The molecule has 0 fully saturated rings. The van der Waals surface area contributed by atoms with Gasteiger partial charge in [0.05, 0.1) is 0 Å². The maximum Gasteiger partial charge on any atom is 0.255 e. The minimum absolute atomic E-state index is 0.0374. The van der Waals surface area contributed by atoms with Crippen LogP contribution in [0.25, 0.3) is 0 Å². The molecule has 0 radical (unpaired) electrons. The number of hydrogen-bond acceptors (Lipinski definition) is 3. The summed E-state index contributed by atoms with van der Waals surface area (Å²) in [5.41, 5.74) is 2.65. The van der Waals surface area contributed by atoms with Crippen LogP contribution in [0.4, 0.5) is 15.8 Å². The zero-order valence-electron chi connectivity index (χ0n) is 19.6. The van der Waals surface area contributed by atoms with E-state index in [2.05, 4.69) is 26.1 Å². The monoisotopic (exact) mass is 427 g/mol. The fourth-order valence-electron chi connectivity index (χ4n) is 3.36. The molecule has 0 saturated heterocycles. The molecule has 0 saturated carbocycles. The van der Waals surface area contributed by atoms with Gasteiger partial charge in [-0.2, -0.15) is 0 Å². The Bertz CT molecular complexity index is 933. The average Bonchev–Trinajstić information content (AvgIpc) is 2.64. The third-order valence-corrected chi connectivity index (χ3v) is 4.87. The van der Waals surface area contributed by atoms with Crippen molar-refractivity contribution in [1.82, 2.24) is 4.90 Å². The lowest BCUT2D eigenvalue weighted by atomic mass is 9.91. The Morgan fingerprint density at radius 3 is 2.29 bits per heavy atom. The largest absolute Gasteiger partial charge is 0.377 e. The van der Waals surface area contributed by atoms with Crippen molar-refractivity contribution in [3.05, 3.63) is 59.4 Å². The minimum atomic E-state index is -0.457. The van der Waals surface area contributed by atoms with Gasteiger partial charge in [-0.1, -0.05) is 26.8 Å². The van der Waals surface area contributed by atoms with Crippen LogP contribution >= 0.6 is 0 Å². The number of carbonyl (C=O) groups is 2. The van der Waals surface area contributed by atoms with Gasteiger partial charge in [0.2, 0.25) is 5.91 Å². The number of halogens is 1. The maximum absolute atomic E-state index is 13.5. The molecule has 0 atom stereocenters. The van der Waals surface area contributed by atoms with Crippen LogP contribution in [0.1, 0.15) is 57.0 Å². The van der Waals surface area contributed by atoms with Gasteiger partial charge in [0.1, 0.15) is 5.82 Å². The van der Waals surface area contributed by atoms with E-state index in [4.69, 9.17) is 0 Å². The summed E-state index contributed by atoms with van der Waals surface area (Å²) in [6.45, 7) is 10.6. The van der Waals surface area contributed by atoms with Gasteiger partial charge < -0.3 is 15.1 Å². The molecule has 2 amide bonds. The van der Waals surface area contributed by atoms with Crippen LogP contribution in [0.15, 0.2) is 42.5 Å². The molecule has 6 heteroatoms. The van der Waals surface area contributed by atoms with Crippen LogP contribution in [0, 0.1) is 11.2 Å². The number of carbonyl (C=O) groups excluding carboxylic acids is 2. The minimum Gasteiger partial charge on any atom is -0.377 e. The first-order chi connectivity index (χ1) is 14.4. The van der Waals surface area contributed by atoms with Crippen molar-refractivity contribution in [2.24, 2.45) is 5.41 Å². The Morgan fingerprint density at radius 1 is 1.06 bits per heavy atom. The Labute approximate surface area is 185 Å². The van der Waals surface area contributed by atoms with E-state index in [0.717, 1.165) is 11.3 Å². The Kier molecular flexibility index (Phi) is 7.82. The first-order valence-corrected chi connectivity index (χ1v) is 10.5. The number of rotatable bonds is 7. The molecule has 0 aliphatic heterocycles. The third kappa shape index (κ3) is 7.09. The fraction of sp³-hybridized carbons (Fsp3) is 0.440. The quantitative estimate of drug-likeness (QED) is 0.651. The predicted octanol–water partition coefficient (Wildman–Crippen LogP) is 5.32. The SMILES string of the molecule is CC(C)N(Cc1cc(NC(=O)c2cccc(F)c2)ccc1N(C)C)C(=O)CC(C)(C)C. The Balaban J connectivity index is 2.32. The number of nitrogens with zero attached hydrogens (tertiary/aromatic N) is 2. The van der Waals surface area contributed by atoms with E-state index in [0.29, 0.717) is 18.7 Å². The van der Waals surface area contributed by atoms with Crippen molar-refractivity contribution in [2.45, 2.75) is 53.6 Å². The number of hydrogen-bond donors (Lipinski definition) is 1. The highest BCUT2D eigenvalue weighted by Crippen LogP contribution is 2.27. The first kappa shape index (κ1) is 24.4. The zero-order valence-corrected chi connectivity index (χ0v) is 19.6. The molecule has 2 aromatic carbocycles. The Hall–Kier alpha value is -2.89. The smallest absolute Gasteiger partial charge is 0.255 e. The molecule has 0 unspecified atom stereocenters. The van der Waals surface area contributed by atoms with Gasteiger partial charge >= 0.3 is 0 Å². The molecule has 2 aromatic rings. The second kappa shape index (κ2) is 9.94. The van der Waals surface area contributed by atoms with Gasteiger partial charge in [-0.25, -0.2) is 4.39 Å². The average molecular weight is 428 g/mol. The van der Waals surface area contributed by atoms with E-state index in [1.165, 1.54) is 18.2 Å². The van der Waals surface area contributed by atoms with Crippen molar-refractivity contribution >= 4 is 23.2 Å². The van der Waals surface area contributed by atoms with E-state index in [1.54, 1.807) is 6.07 Å². The standard InChI is InChI=1S/C25H34FN3O2/c1-17(2)29(23(30)15-25(3,4)5)16-19-14-21(11-12-22(19)28(6)7)27-24(31)18-9-8-10-20(26)13-18/h8-14,17H,15-16H2,1-7H3,(H,27,31).